The van der Waals surface area contributed by atoms with Crippen LogP contribution in [0, 0.1) is 4.91 Å². The lowest BCUT2D eigenvalue weighted by molar-refractivity contribution is -0.0395. The van der Waals surface area contributed by atoms with Crippen LogP contribution in [0.15, 0.2) is 5.18 Å². The molecule has 2 unspecified atom stereocenters. The third kappa shape index (κ3) is 18.9. The number of hydrogen-bond acceptors (Lipinski definition) is 4. The summed E-state index contributed by atoms with van der Waals surface area (Å²) >= 11 is 0. The molecular weight excluding hydrogens is 350 g/mol. The van der Waals surface area contributed by atoms with Gasteiger partial charge in [-0.15, -0.1) is 0 Å². The molecule has 0 aliphatic rings. The summed E-state index contributed by atoms with van der Waals surface area (Å²) in [5.74, 6) is 0. The van der Waals surface area contributed by atoms with Crippen LogP contribution in [-0.4, -0.2) is 30.5 Å². The van der Waals surface area contributed by atoms with E-state index in [0.29, 0.717) is 6.61 Å². The predicted octanol–water partition coefficient (Wildman–Crippen LogP) is 7.56. The summed E-state index contributed by atoms with van der Waals surface area (Å²) in [5.41, 5.74) is 0. The molecule has 0 saturated carbocycles. The minimum absolute atomic E-state index is 0.0564. The van der Waals surface area contributed by atoms with Crippen molar-refractivity contribution in [3.8, 4) is 0 Å². The quantitative estimate of drug-likeness (QED) is 0.142. The van der Waals surface area contributed by atoms with Crippen molar-refractivity contribution < 1.29 is 9.84 Å². The van der Waals surface area contributed by atoms with Crippen molar-refractivity contribution in [3.05, 3.63) is 4.91 Å². The van der Waals surface area contributed by atoms with Crippen LogP contribution in [0.5, 0.6) is 0 Å². The van der Waals surface area contributed by atoms with E-state index in [-0.39, 0.29) is 12.6 Å². The van der Waals surface area contributed by atoms with Gasteiger partial charge in [0, 0.05) is 6.61 Å². The van der Waals surface area contributed by atoms with Gasteiger partial charge in [-0.3, -0.25) is 0 Å². The summed E-state index contributed by atoms with van der Waals surface area (Å²) in [6.07, 6.45) is 21.6. The van der Waals surface area contributed by atoms with Crippen molar-refractivity contribution in [2.24, 2.45) is 5.18 Å². The lowest BCUT2D eigenvalue weighted by Gasteiger charge is -2.21. The highest BCUT2D eigenvalue weighted by molar-refractivity contribution is 4.71. The number of hydrogen-bond donors (Lipinski definition) is 1. The van der Waals surface area contributed by atoms with E-state index in [2.05, 4.69) is 19.0 Å². The Morgan fingerprint density at radius 1 is 0.679 bits per heavy atom. The highest BCUT2D eigenvalue weighted by Gasteiger charge is 2.19. The molecule has 0 rings (SSSR count). The Hall–Kier alpha value is -0.480. The minimum atomic E-state index is -0.749. The van der Waals surface area contributed by atoms with Crippen LogP contribution < -0.4 is 0 Å². The number of aliphatic hydroxyl groups excluding tert-OH is 1. The molecule has 0 bridgehead atoms. The monoisotopic (exact) mass is 399 g/mol. The molecule has 0 aliphatic heterocycles. The molecule has 0 saturated heterocycles. The molecule has 0 amide bonds. The van der Waals surface area contributed by atoms with Crippen LogP contribution in [-0.2, 0) is 4.74 Å². The molecule has 0 aromatic heterocycles. The average Bonchev–Trinajstić information content (AvgIpc) is 2.69. The van der Waals surface area contributed by atoms with Gasteiger partial charge in [0.15, 0.2) is 0 Å². The van der Waals surface area contributed by atoms with Gasteiger partial charge in [0.05, 0.1) is 6.10 Å². The van der Waals surface area contributed by atoms with E-state index in [1.54, 1.807) is 0 Å². The van der Waals surface area contributed by atoms with Gasteiger partial charge >= 0.3 is 0 Å². The van der Waals surface area contributed by atoms with Crippen molar-refractivity contribution in [1.29, 1.82) is 0 Å². The van der Waals surface area contributed by atoms with Gasteiger partial charge in [-0.1, -0.05) is 122 Å². The van der Waals surface area contributed by atoms with Gasteiger partial charge in [0.2, 0.25) is 0 Å². The van der Waals surface area contributed by atoms with Crippen LogP contribution in [0.1, 0.15) is 129 Å². The summed E-state index contributed by atoms with van der Waals surface area (Å²) in [4.78, 5) is 10.5. The highest BCUT2D eigenvalue weighted by Crippen LogP contribution is 2.15. The van der Waals surface area contributed by atoms with Crippen LogP contribution in [0.3, 0.4) is 0 Å². The van der Waals surface area contributed by atoms with Gasteiger partial charge in [0.1, 0.15) is 12.6 Å². The summed E-state index contributed by atoms with van der Waals surface area (Å²) in [5, 5.41) is 13.0. The fourth-order valence-corrected chi connectivity index (χ4v) is 3.71. The standard InChI is InChI=1S/C24H49NO3/c1-3-5-7-9-11-12-13-15-17-19-21-28-24(23(26)22-25-27)20-18-16-14-10-8-6-4-2/h23-24,26H,3-22H2,1-2H3. The summed E-state index contributed by atoms with van der Waals surface area (Å²) < 4.78 is 5.92. The van der Waals surface area contributed by atoms with Crippen molar-refractivity contribution in [2.45, 2.75) is 142 Å². The Morgan fingerprint density at radius 2 is 1.11 bits per heavy atom. The fraction of sp³-hybridized carbons (Fsp3) is 1.00. The molecule has 0 aromatic rings. The Morgan fingerprint density at radius 3 is 1.57 bits per heavy atom. The number of nitrogens with zero attached hydrogens (tertiary/aromatic N) is 1. The molecule has 4 nitrogen and oxygen atoms in total. The molecule has 0 radical (unpaired) electrons. The van der Waals surface area contributed by atoms with Crippen LogP contribution in [0.4, 0.5) is 0 Å². The summed E-state index contributed by atoms with van der Waals surface area (Å²) in [7, 11) is 0. The van der Waals surface area contributed by atoms with Gasteiger partial charge in [-0.2, -0.15) is 4.91 Å². The maximum Gasteiger partial charge on any atom is 0.110 e. The summed E-state index contributed by atoms with van der Waals surface area (Å²) in [6, 6.07) is 0. The Bertz CT molecular complexity index is 312. The first-order valence-electron chi connectivity index (χ1n) is 12.3. The molecule has 2 atom stereocenters. The van der Waals surface area contributed by atoms with Crippen molar-refractivity contribution in [2.75, 3.05) is 13.2 Å². The van der Waals surface area contributed by atoms with Crippen molar-refractivity contribution >= 4 is 0 Å². The van der Waals surface area contributed by atoms with Gasteiger partial charge in [-0.25, -0.2) is 0 Å². The highest BCUT2D eigenvalue weighted by atomic mass is 16.5. The number of ether oxygens (including phenoxy) is 1. The predicted molar refractivity (Wildman–Crippen MR) is 121 cm³/mol. The molecule has 0 aromatic carbocycles. The number of aliphatic hydroxyl groups is 1. The molecule has 0 aliphatic carbocycles. The largest absolute Gasteiger partial charge is 0.388 e. The smallest absolute Gasteiger partial charge is 0.110 e. The van der Waals surface area contributed by atoms with E-state index in [0.717, 1.165) is 19.3 Å². The van der Waals surface area contributed by atoms with E-state index in [1.165, 1.54) is 96.3 Å². The fourth-order valence-electron chi connectivity index (χ4n) is 3.71. The maximum atomic E-state index is 10.5. The number of rotatable bonds is 23. The first-order chi connectivity index (χ1) is 13.8. The Balaban J connectivity index is 3.69. The molecule has 0 spiro atoms. The van der Waals surface area contributed by atoms with Gasteiger partial charge in [0.25, 0.3) is 0 Å². The second-order valence-electron chi connectivity index (χ2n) is 8.38. The van der Waals surface area contributed by atoms with E-state index >= 15 is 0 Å². The van der Waals surface area contributed by atoms with Crippen LogP contribution in [0.25, 0.3) is 0 Å². The Kier molecular flexibility index (Phi) is 22.4. The van der Waals surface area contributed by atoms with Gasteiger partial charge in [-0.05, 0) is 12.8 Å². The minimum Gasteiger partial charge on any atom is -0.388 e. The molecule has 28 heavy (non-hydrogen) atoms. The molecule has 0 heterocycles. The van der Waals surface area contributed by atoms with E-state index in [9.17, 15) is 10.0 Å². The lowest BCUT2D eigenvalue weighted by Crippen LogP contribution is -2.31. The maximum absolute atomic E-state index is 10.5. The first kappa shape index (κ1) is 27.5. The topological polar surface area (TPSA) is 58.9 Å². The van der Waals surface area contributed by atoms with E-state index in [4.69, 9.17) is 4.74 Å². The zero-order valence-corrected chi connectivity index (χ0v) is 19.0. The van der Waals surface area contributed by atoms with Crippen LogP contribution in [0.2, 0.25) is 0 Å². The lowest BCUT2D eigenvalue weighted by atomic mass is 10.0. The molecule has 168 valence electrons. The molecule has 0 fully saturated rings. The van der Waals surface area contributed by atoms with Crippen LogP contribution >= 0.6 is 0 Å². The molecular formula is C24H49NO3. The third-order valence-corrected chi connectivity index (χ3v) is 5.61. The zero-order chi connectivity index (χ0) is 20.7. The second-order valence-corrected chi connectivity index (χ2v) is 8.38. The number of nitroso groups, excluding NO2 is 1. The Labute approximate surface area is 175 Å². The van der Waals surface area contributed by atoms with E-state index < -0.39 is 6.10 Å². The normalized spacial score (nSPS) is 13.5. The zero-order valence-electron chi connectivity index (χ0n) is 19.0. The SMILES string of the molecule is CCCCCCCCCCCCOC(CCCCCCCCC)C(O)CN=O. The first-order valence-corrected chi connectivity index (χ1v) is 12.3. The second kappa shape index (κ2) is 22.8. The van der Waals surface area contributed by atoms with Crippen molar-refractivity contribution in [1.82, 2.24) is 0 Å². The van der Waals surface area contributed by atoms with Crippen molar-refractivity contribution in [3.63, 3.8) is 0 Å². The third-order valence-electron chi connectivity index (χ3n) is 5.61. The molecule has 4 heteroatoms. The molecule has 1 N–H and O–H groups in total. The van der Waals surface area contributed by atoms with E-state index in [1.807, 2.05) is 0 Å². The van der Waals surface area contributed by atoms with Gasteiger partial charge < -0.3 is 9.84 Å². The average molecular weight is 400 g/mol. The number of unbranched alkanes of at least 4 members (excludes halogenated alkanes) is 15. The summed E-state index contributed by atoms with van der Waals surface area (Å²) in [6.45, 7) is 5.13.